The molecule has 0 saturated carbocycles. The second kappa shape index (κ2) is 4.39. The number of hydrogen-bond donors (Lipinski definition) is 3. The predicted molar refractivity (Wildman–Crippen MR) is 51.2 cm³/mol. The number of hydrogen-bond acceptors (Lipinski definition) is 3. The van der Waals surface area contributed by atoms with Crippen LogP contribution in [0.2, 0.25) is 0 Å². The van der Waals surface area contributed by atoms with Crippen LogP contribution in [0.3, 0.4) is 0 Å². The smallest absolute Gasteiger partial charge is 0.0490 e. The first kappa shape index (κ1) is 10.2. The Morgan fingerprint density at radius 3 is 2.92 bits per heavy atom. The molecule has 1 aromatic rings. The second-order valence-corrected chi connectivity index (χ2v) is 3.79. The molecule has 1 aromatic heterocycles. The third-order valence-electron chi connectivity index (χ3n) is 2.05. The lowest BCUT2D eigenvalue weighted by atomic mass is 10.0. The molecule has 0 aliphatic rings. The van der Waals surface area contributed by atoms with E-state index in [1.54, 1.807) is 6.20 Å². The van der Waals surface area contributed by atoms with Crippen LogP contribution in [0.1, 0.15) is 26.0 Å². The summed E-state index contributed by atoms with van der Waals surface area (Å²) in [6.07, 6.45) is 2.48. The molecule has 0 amide bonds. The van der Waals surface area contributed by atoms with E-state index < -0.39 is 0 Å². The fourth-order valence-corrected chi connectivity index (χ4v) is 1.09. The average molecular weight is 183 g/mol. The van der Waals surface area contributed by atoms with Crippen molar-refractivity contribution >= 4 is 0 Å². The monoisotopic (exact) mass is 183 g/mol. The standard InChI is InChI=1S/C9H17N3O/c1-9(2,4-6-13)10-7-8-3-5-11-12-8/h3,5,10,13H,4,6-7H2,1-2H3,(H,11,12). The topological polar surface area (TPSA) is 60.9 Å². The van der Waals surface area contributed by atoms with E-state index in [0.717, 1.165) is 18.7 Å². The molecule has 0 fully saturated rings. The van der Waals surface area contributed by atoms with Gasteiger partial charge in [-0.2, -0.15) is 5.10 Å². The molecule has 13 heavy (non-hydrogen) atoms. The summed E-state index contributed by atoms with van der Waals surface area (Å²) in [5.41, 5.74) is 1.03. The van der Waals surface area contributed by atoms with Crippen LogP contribution < -0.4 is 5.32 Å². The average Bonchev–Trinajstić information content (AvgIpc) is 2.52. The normalized spacial score (nSPS) is 11.9. The summed E-state index contributed by atoms with van der Waals surface area (Å²) in [6, 6.07) is 1.93. The fourth-order valence-electron chi connectivity index (χ4n) is 1.09. The van der Waals surface area contributed by atoms with Gasteiger partial charge in [0.05, 0.1) is 0 Å². The van der Waals surface area contributed by atoms with E-state index in [1.165, 1.54) is 0 Å². The van der Waals surface area contributed by atoms with E-state index in [1.807, 2.05) is 6.07 Å². The highest BCUT2D eigenvalue weighted by atomic mass is 16.3. The molecule has 0 atom stereocenters. The van der Waals surface area contributed by atoms with Gasteiger partial charge in [0.2, 0.25) is 0 Å². The van der Waals surface area contributed by atoms with Crippen molar-refractivity contribution in [2.75, 3.05) is 6.61 Å². The summed E-state index contributed by atoms with van der Waals surface area (Å²) in [7, 11) is 0. The van der Waals surface area contributed by atoms with Gasteiger partial charge in [-0.25, -0.2) is 0 Å². The number of nitrogens with zero attached hydrogens (tertiary/aromatic N) is 1. The third-order valence-corrected chi connectivity index (χ3v) is 2.05. The predicted octanol–water partition coefficient (Wildman–Crippen LogP) is 0.660. The molecule has 0 saturated heterocycles. The number of aliphatic hydroxyl groups excluding tert-OH is 1. The van der Waals surface area contributed by atoms with Gasteiger partial charge in [0, 0.05) is 30.6 Å². The first-order chi connectivity index (χ1) is 6.14. The Kier molecular flexibility index (Phi) is 3.45. The van der Waals surface area contributed by atoms with E-state index >= 15 is 0 Å². The highest BCUT2D eigenvalue weighted by molar-refractivity contribution is 4.97. The molecule has 74 valence electrons. The molecule has 4 nitrogen and oxygen atoms in total. The SMILES string of the molecule is CC(C)(CCO)NCc1ccn[nH]1. The maximum absolute atomic E-state index is 8.80. The number of rotatable bonds is 5. The zero-order chi connectivity index (χ0) is 9.73. The Bertz CT molecular complexity index is 231. The van der Waals surface area contributed by atoms with Crippen molar-refractivity contribution in [1.29, 1.82) is 0 Å². The van der Waals surface area contributed by atoms with Crippen molar-refractivity contribution in [1.82, 2.24) is 15.5 Å². The molecule has 0 radical (unpaired) electrons. The van der Waals surface area contributed by atoms with Crippen LogP contribution in [0.4, 0.5) is 0 Å². The van der Waals surface area contributed by atoms with E-state index in [-0.39, 0.29) is 12.1 Å². The lowest BCUT2D eigenvalue weighted by Crippen LogP contribution is -2.39. The summed E-state index contributed by atoms with van der Waals surface area (Å²) in [6.45, 7) is 5.11. The Hall–Kier alpha value is -0.870. The van der Waals surface area contributed by atoms with Crippen molar-refractivity contribution in [3.63, 3.8) is 0 Å². The minimum Gasteiger partial charge on any atom is -0.396 e. The number of aromatic amines is 1. The van der Waals surface area contributed by atoms with Crippen LogP contribution in [0, 0.1) is 0 Å². The molecular formula is C9H17N3O. The molecule has 0 aromatic carbocycles. The van der Waals surface area contributed by atoms with Gasteiger partial charge in [-0.15, -0.1) is 0 Å². The molecule has 4 heteroatoms. The van der Waals surface area contributed by atoms with Crippen molar-refractivity contribution < 1.29 is 5.11 Å². The molecule has 0 aliphatic carbocycles. The van der Waals surface area contributed by atoms with Gasteiger partial charge in [-0.3, -0.25) is 5.10 Å². The molecule has 1 heterocycles. The van der Waals surface area contributed by atoms with Crippen LogP contribution in [0.25, 0.3) is 0 Å². The minimum absolute atomic E-state index is 0.0279. The Morgan fingerprint density at radius 1 is 1.62 bits per heavy atom. The van der Waals surface area contributed by atoms with E-state index in [2.05, 4.69) is 29.4 Å². The Labute approximate surface area is 78.4 Å². The van der Waals surface area contributed by atoms with Gasteiger partial charge >= 0.3 is 0 Å². The Morgan fingerprint density at radius 2 is 2.38 bits per heavy atom. The maximum atomic E-state index is 8.80. The molecule has 0 bridgehead atoms. The molecule has 3 N–H and O–H groups in total. The highest BCUT2D eigenvalue weighted by Crippen LogP contribution is 2.08. The summed E-state index contributed by atoms with van der Waals surface area (Å²) in [4.78, 5) is 0. The van der Waals surface area contributed by atoms with Crippen LogP contribution in [0.15, 0.2) is 12.3 Å². The molecule has 0 aliphatic heterocycles. The molecular weight excluding hydrogens is 166 g/mol. The van der Waals surface area contributed by atoms with E-state index in [4.69, 9.17) is 5.11 Å². The van der Waals surface area contributed by atoms with Crippen molar-refractivity contribution in [2.24, 2.45) is 0 Å². The van der Waals surface area contributed by atoms with Crippen LogP contribution in [-0.4, -0.2) is 27.4 Å². The van der Waals surface area contributed by atoms with Crippen LogP contribution >= 0.6 is 0 Å². The first-order valence-corrected chi connectivity index (χ1v) is 4.48. The lowest BCUT2D eigenvalue weighted by molar-refractivity contribution is 0.229. The van der Waals surface area contributed by atoms with E-state index in [0.29, 0.717) is 0 Å². The Balaban J connectivity index is 2.33. The summed E-state index contributed by atoms with van der Waals surface area (Å²) in [5, 5.41) is 18.9. The largest absolute Gasteiger partial charge is 0.396 e. The van der Waals surface area contributed by atoms with Crippen molar-refractivity contribution in [2.45, 2.75) is 32.4 Å². The van der Waals surface area contributed by atoms with Gasteiger partial charge < -0.3 is 10.4 Å². The van der Waals surface area contributed by atoms with Crippen LogP contribution in [-0.2, 0) is 6.54 Å². The molecule has 0 unspecified atom stereocenters. The quantitative estimate of drug-likeness (QED) is 0.628. The van der Waals surface area contributed by atoms with Crippen molar-refractivity contribution in [3.05, 3.63) is 18.0 Å². The second-order valence-electron chi connectivity index (χ2n) is 3.79. The number of aromatic nitrogens is 2. The summed E-state index contributed by atoms with van der Waals surface area (Å²) in [5.74, 6) is 0. The van der Waals surface area contributed by atoms with Crippen molar-refractivity contribution in [3.8, 4) is 0 Å². The number of H-pyrrole nitrogens is 1. The van der Waals surface area contributed by atoms with Gasteiger partial charge in [0.15, 0.2) is 0 Å². The fraction of sp³-hybridized carbons (Fsp3) is 0.667. The van der Waals surface area contributed by atoms with Crippen LogP contribution in [0.5, 0.6) is 0 Å². The zero-order valence-electron chi connectivity index (χ0n) is 8.17. The highest BCUT2D eigenvalue weighted by Gasteiger charge is 2.15. The molecule has 1 rings (SSSR count). The minimum atomic E-state index is -0.0279. The zero-order valence-corrected chi connectivity index (χ0v) is 8.17. The number of aliphatic hydroxyl groups is 1. The van der Waals surface area contributed by atoms with Gasteiger partial charge in [-0.1, -0.05) is 0 Å². The third kappa shape index (κ3) is 3.57. The van der Waals surface area contributed by atoms with E-state index in [9.17, 15) is 0 Å². The first-order valence-electron chi connectivity index (χ1n) is 4.48. The summed E-state index contributed by atoms with van der Waals surface area (Å²) < 4.78 is 0. The van der Waals surface area contributed by atoms with Gasteiger partial charge in [-0.05, 0) is 26.3 Å². The molecule has 0 spiro atoms. The summed E-state index contributed by atoms with van der Waals surface area (Å²) >= 11 is 0. The van der Waals surface area contributed by atoms with Gasteiger partial charge in [0.25, 0.3) is 0 Å². The lowest BCUT2D eigenvalue weighted by Gasteiger charge is -2.24. The maximum Gasteiger partial charge on any atom is 0.0490 e. The number of nitrogens with one attached hydrogen (secondary N) is 2. The van der Waals surface area contributed by atoms with Gasteiger partial charge in [0.1, 0.15) is 0 Å².